The van der Waals surface area contributed by atoms with E-state index < -0.39 is 30.4 Å². The molecule has 2 heterocycles. The van der Waals surface area contributed by atoms with Gasteiger partial charge in [-0.1, -0.05) is 0 Å². The lowest BCUT2D eigenvalue weighted by atomic mass is 10.3. The molecule has 0 N–H and O–H groups in total. The Bertz CT molecular complexity index is 659. The fraction of sp³-hybridized carbons (Fsp3) is 0.273. The van der Waals surface area contributed by atoms with Crippen molar-refractivity contribution >= 4 is 0 Å². The molecule has 0 saturated carbocycles. The van der Waals surface area contributed by atoms with Crippen LogP contribution in [0, 0.1) is 0 Å². The second-order valence-corrected chi connectivity index (χ2v) is 3.91. The molecule has 0 radical (unpaired) electrons. The zero-order valence-electron chi connectivity index (χ0n) is 9.81. The van der Waals surface area contributed by atoms with Crippen LogP contribution in [-0.4, -0.2) is 14.1 Å². The summed E-state index contributed by atoms with van der Waals surface area (Å²) in [6, 6.07) is 1.37. The van der Waals surface area contributed by atoms with Gasteiger partial charge in [-0.05, 0) is 6.07 Å². The fourth-order valence-electron chi connectivity index (χ4n) is 1.62. The molecule has 108 valence electrons. The van der Waals surface area contributed by atoms with Gasteiger partial charge in [0.15, 0.2) is 0 Å². The number of hydrogen-bond donors (Lipinski definition) is 0. The first-order valence-corrected chi connectivity index (χ1v) is 5.36. The average Bonchev–Trinajstić information content (AvgIpc) is 2.78. The smallest absolute Gasteiger partial charge is 0.307 e. The highest BCUT2D eigenvalue weighted by atomic mass is 19.4. The minimum Gasteiger partial charge on any atom is -0.307 e. The highest BCUT2D eigenvalue weighted by Gasteiger charge is 2.31. The molecule has 4 nitrogen and oxygen atoms in total. The number of alkyl halides is 5. The summed E-state index contributed by atoms with van der Waals surface area (Å²) >= 11 is 0. The van der Waals surface area contributed by atoms with Gasteiger partial charge in [0, 0.05) is 24.7 Å². The summed E-state index contributed by atoms with van der Waals surface area (Å²) in [5, 5.41) is 0. The maximum absolute atomic E-state index is 12.6. The van der Waals surface area contributed by atoms with Gasteiger partial charge in [-0.3, -0.25) is 9.36 Å². The van der Waals surface area contributed by atoms with Crippen LogP contribution in [0.15, 0.2) is 35.5 Å². The third kappa shape index (κ3) is 2.86. The first-order chi connectivity index (χ1) is 9.29. The van der Waals surface area contributed by atoms with E-state index in [1.165, 1.54) is 0 Å². The van der Waals surface area contributed by atoms with Gasteiger partial charge in [-0.25, -0.2) is 4.98 Å². The number of pyridine rings is 1. The van der Waals surface area contributed by atoms with E-state index in [1.54, 1.807) is 0 Å². The number of aromatic nitrogens is 3. The van der Waals surface area contributed by atoms with Crippen molar-refractivity contribution in [1.29, 1.82) is 0 Å². The van der Waals surface area contributed by atoms with Gasteiger partial charge in [0.25, 0.3) is 5.56 Å². The van der Waals surface area contributed by atoms with E-state index in [9.17, 15) is 26.7 Å². The predicted molar refractivity (Wildman–Crippen MR) is 58.3 cm³/mol. The number of rotatable bonds is 3. The molecule has 2 rings (SSSR count). The van der Waals surface area contributed by atoms with Crippen molar-refractivity contribution in [3.8, 4) is 0 Å². The molecule has 0 atom stereocenters. The largest absolute Gasteiger partial charge is 0.417 e. The molecular weight excluding hydrogens is 285 g/mol. The maximum Gasteiger partial charge on any atom is 0.417 e. The van der Waals surface area contributed by atoms with Crippen LogP contribution in [0.1, 0.15) is 17.9 Å². The van der Waals surface area contributed by atoms with Gasteiger partial charge >= 0.3 is 12.7 Å². The minimum absolute atomic E-state index is 0.207. The maximum atomic E-state index is 12.6. The standard InChI is InChI=1S/C11H8F5N3O/c12-10(13)19-4-3-17-8(19)6-18-5-7(11(14,15)16)1-2-9(18)20/h1-5,10H,6H2. The van der Waals surface area contributed by atoms with Gasteiger partial charge in [0.2, 0.25) is 0 Å². The Balaban J connectivity index is 2.38. The fourth-order valence-corrected chi connectivity index (χ4v) is 1.62. The Morgan fingerprint density at radius 1 is 1.25 bits per heavy atom. The van der Waals surface area contributed by atoms with E-state index in [-0.39, 0.29) is 5.82 Å². The Hall–Kier alpha value is -2.19. The van der Waals surface area contributed by atoms with Crippen LogP contribution >= 0.6 is 0 Å². The molecule has 0 aliphatic rings. The van der Waals surface area contributed by atoms with Crippen LogP contribution in [0.3, 0.4) is 0 Å². The van der Waals surface area contributed by atoms with Gasteiger partial charge in [0.1, 0.15) is 5.82 Å². The molecule has 0 saturated heterocycles. The summed E-state index contributed by atoms with van der Waals surface area (Å²) < 4.78 is 63.9. The second kappa shape index (κ2) is 5.06. The van der Waals surface area contributed by atoms with E-state index in [0.29, 0.717) is 21.4 Å². The van der Waals surface area contributed by atoms with Gasteiger partial charge < -0.3 is 4.57 Å². The molecular formula is C11H8F5N3O. The van der Waals surface area contributed by atoms with Gasteiger partial charge in [0.05, 0.1) is 12.1 Å². The zero-order chi connectivity index (χ0) is 14.9. The van der Waals surface area contributed by atoms with E-state index in [0.717, 1.165) is 18.5 Å². The molecule has 0 amide bonds. The number of imidazole rings is 1. The lowest BCUT2D eigenvalue weighted by molar-refractivity contribution is -0.138. The van der Waals surface area contributed by atoms with E-state index >= 15 is 0 Å². The van der Waals surface area contributed by atoms with E-state index in [1.807, 2.05) is 0 Å². The van der Waals surface area contributed by atoms with E-state index in [2.05, 4.69) is 4.98 Å². The molecule has 20 heavy (non-hydrogen) atoms. The third-order valence-corrected chi connectivity index (χ3v) is 2.58. The SMILES string of the molecule is O=c1ccc(C(F)(F)F)cn1Cc1nccn1C(F)F. The van der Waals surface area contributed by atoms with Crippen LogP contribution in [-0.2, 0) is 12.7 Å². The molecule has 0 aliphatic heterocycles. The van der Waals surface area contributed by atoms with Crippen LogP contribution < -0.4 is 5.56 Å². The average molecular weight is 293 g/mol. The molecule has 2 aromatic heterocycles. The summed E-state index contributed by atoms with van der Waals surface area (Å²) in [6.45, 7) is -3.35. The lowest BCUT2D eigenvalue weighted by Crippen LogP contribution is -2.23. The van der Waals surface area contributed by atoms with Crippen LogP contribution in [0.25, 0.3) is 0 Å². The Kier molecular flexibility index (Phi) is 3.60. The summed E-state index contributed by atoms with van der Waals surface area (Å²) in [5.74, 6) is -0.207. The van der Waals surface area contributed by atoms with Crippen LogP contribution in [0.4, 0.5) is 22.0 Å². The summed E-state index contributed by atoms with van der Waals surface area (Å²) in [5.41, 5.74) is -1.77. The first kappa shape index (κ1) is 14.2. The van der Waals surface area contributed by atoms with Crippen molar-refractivity contribution in [3.63, 3.8) is 0 Å². The third-order valence-electron chi connectivity index (χ3n) is 2.58. The molecule has 2 aromatic rings. The van der Waals surface area contributed by atoms with Crippen molar-refractivity contribution < 1.29 is 22.0 Å². The predicted octanol–water partition coefficient (Wildman–Crippen LogP) is 2.51. The Labute approximate surface area is 109 Å². The van der Waals surface area contributed by atoms with Crippen LogP contribution in [0.2, 0.25) is 0 Å². The van der Waals surface area contributed by atoms with Gasteiger partial charge in [-0.15, -0.1) is 0 Å². The molecule has 9 heteroatoms. The highest BCUT2D eigenvalue weighted by molar-refractivity contribution is 5.14. The quantitative estimate of drug-likeness (QED) is 0.816. The molecule has 0 aliphatic carbocycles. The summed E-state index contributed by atoms with van der Waals surface area (Å²) in [4.78, 5) is 15.1. The zero-order valence-corrected chi connectivity index (χ0v) is 9.81. The normalized spacial score (nSPS) is 12.1. The van der Waals surface area contributed by atoms with Crippen molar-refractivity contribution in [2.24, 2.45) is 0 Å². The number of nitrogens with zero attached hydrogens (tertiary/aromatic N) is 3. The van der Waals surface area contributed by atoms with Crippen molar-refractivity contribution in [3.05, 3.63) is 52.5 Å². The molecule has 0 unspecified atom stereocenters. The second-order valence-electron chi connectivity index (χ2n) is 3.91. The van der Waals surface area contributed by atoms with E-state index in [4.69, 9.17) is 0 Å². The topological polar surface area (TPSA) is 39.8 Å². The van der Waals surface area contributed by atoms with Crippen molar-refractivity contribution in [2.45, 2.75) is 19.3 Å². The Morgan fingerprint density at radius 2 is 1.95 bits per heavy atom. The first-order valence-electron chi connectivity index (χ1n) is 5.36. The van der Waals surface area contributed by atoms with Crippen LogP contribution in [0.5, 0.6) is 0 Å². The van der Waals surface area contributed by atoms with Gasteiger partial charge in [-0.2, -0.15) is 22.0 Å². The summed E-state index contributed by atoms with van der Waals surface area (Å²) in [6.07, 6.45) is -1.97. The minimum atomic E-state index is -4.62. The highest BCUT2D eigenvalue weighted by Crippen LogP contribution is 2.28. The number of hydrogen-bond acceptors (Lipinski definition) is 2. The lowest BCUT2D eigenvalue weighted by Gasteiger charge is -2.11. The molecule has 0 aromatic carbocycles. The van der Waals surface area contributed by atoms with Crippen molar-refractivity contribution in [1.82, 2.24) is 14.1 Å². The monoisotopic (exact) mass is 293 g/mol. The Morgan fingerprint density at radius 3 is 2.55 bits per heavy atom. The molecule has 0 bridgehead atoms. The molecule has 0 fully saturated rings. The van der Waals surface area contributed by atoms with Crippen molar-refractivity contribution in [2.75, 3.05) is 0 Å². The number of halogens is 5. The molecule has 0 spiro atoms. The summed E-state index contributed by atoms with van der Waals surface area (Å²) in [7, 11) is 0.